The van der Waals surface area contributed by atoms with Crippen molar-refractivity contribution >= 4 is 94.7 Å². The molecule has 0 aromatic rings. The first-order valence-electron chi connectivity index (χ1n) is 32.7. The molecular weight excluding hydrogens is 1260 g/mol. The Labute approximate surface area is 558 Å². The summed E-state index contributed by atoms with van der Waals surface area (Å²) >= 11 is 0. The lowest BCUT2D eigenvalue weighted by molar-refractivity contribution is -0.147. The van der Waals surface area contributed by atoms with Crippen LogP contribution in [0.1, 0.15) is 165 Å². The van der Waals surface area contributed by atoms with Crippen molar-refractivity contribution in [1.82, 2.24) is 63.0 Å². The maximum atomic E-state index is 14.6. The van der Waals surface area contributed by atoms with E-state index in [1.807, 2.05) is 5.32 Å². The molecule has 2 aliphatic rings. The van der Waals surface area contributed by atoms with Crippen LogP contribution >= 0.6 is 0 Å². The van der Waals surface area contributed by atoms with Gasteiger partial charge >= 0.3 is 17.9 Å². The standard InChI is InChI=1S/C61H104N16O19/c1-30(2)28-40(55(89)74-47(31(3)4)58(92)70-37(17-11-13-25-63)53(87)69-38(20-22-44(65)78)54(88)73-41(61(95)96)29-46(81)82)72-56(90)42-18-15-27-77(42)60(94)48(32(5)6)75-57(91)43-19-14-26-76(43)59(93)39(21-23-45(79)80)71-51(85)35(9)66-50(84)34(8)67-52(86)36(16-10-12-24-62)68-49(83)33(7)64/h30-43,47-48H,10-29,62-64H2,1-9H3,(H2,65,78)(H,66,84)(H,67,86)(H,68,83)(H,69,87)(H,70,92)(H,71,85)(H,72,90)(H,73,88)(H,74,89)(H,75,91)(H,79,80)(H,81,82)(H,95,96)/t33-,34-,35-,36-,37-,38-,39-,40-,41-,42-,43-,47-,48-/m0/s1. The summed E-state index contributed by atoms with van der Waals surface area (Å²) in [6.45, 7) is 14.7. The molecule has 0 spiro atoms. The number of aliphatic carboxylic acids is 3. The SMILES string of the molecule is CC(C)C[C@H](NC(=O)[C@@H]1CCCN1C(=O)[C@@H](NC(=O)[C@@H]1CCCN1C(=O)[C@H](CCC(=O)O)NC(=O)[C@H](C)NC(=O)[C@H](C)NC(=O)[C@H](CCCCN)NC(=O)[C@H](C)N)C(C)C)C(=O)N[C@H](C(=O)N[C@@H](CCCCN)C(=O)N[C@@H](CCC(N)=O)C(=O)N[C@@H](CC(=O)O)C(=O)O)C(C)C. The molecule has 0 radical (unpaired) electrons. The summed E-state index contributed by atoms with van der Waals surface area (Å²) in [5.41, 5.74) is 22.3. The van der Waals surface area contributed by atoms with E-state index in [2.05, 4.69) is 47.9 Å². The third kappa shape index (κ3) is 28.0. The highest BCUT2D eigenvalue weighted by Gasteiger charge is 2.44. The number of carboxylic acids is 3. The number of nitrogens with one attached hydrogen (secondary N) is 10. The first-order chi connectivity index (χ1) is 44.9. The van der Waals surface area contributed by atoms with Gasteiger partial charge < -0.3 is 101 Å². The lowest BCUT2D eigenvalue weighted by atomic mass is 9.98. The minimum absolute atomic E-state index is 0.00546. The Hall–Kier alpha value is -8.60. The second-order valence-corrected chi connectivity index (χ2v) is 25.5. The Bertz CT molecular complexity index is 2750. The van der Waals surface area contributed by atoms with Crippen LogP contribution in [0.15, 0.2) is 0 Å². The Kier molecular flexibility index (Phi) is 36.0. The molecule has 542 valence electrons. The van der Waals surface area contributed by atoms with Crippen LogP contribution in [-0.4, -0.2) is 225 Å². The van der Waals surface area contributed by atoms with E-state index in [1.54, 1.807) is 41.5 Å². The molecule has 35 nitrogen and oxygen atoms in total. The predicted octanol–water partition coefficient (Wildman–Crippen LogP) is -4.49. The molecule has 0 aliphatic carbocycles. The molecule has 2 fully saturated rings. The lowest BCUT2D eigenvalue weighted by Crippen LogP contribution is -2.61. The van der Waals surface area contributed by atoms with Crippen LogP contribution in [0.3, 0.4) is 0 Å². The van der Waals surface area contributed by atoms with Crippen molar-refractivity contribution in [3.63, 3.8) is 0 Å². The Morgan fingerprint density at radius 1 is 0.427 bits per heavy atom. The molecule has 0 aromatic carbocycles. The first-order valence-corrected chi connectivity index (χ1v) is 32.7. The monoisotopic (exact) mass is 1360 g/mol. The van der Waals surface area contributed by atoms with Gasteiger partial charge in [-0.15, -0.1) is 0 Å². The van der Waals surface area contributed by atoms with Crippen molar-refractivity contribution in [2.24, 2.45) is 40.7 Å². The summed E-state index contributed by atoms with van der Waals surface area (Å²) in [5.74, 6) is -16.8. The predicted molar refractivity (Wildman–Crippen MR) is 344 cm³/mol. The van der Waals surface area contributed by atoms with Crippen molar-refractivity contribution in [2.75, 3.05) is 26.2 Å². The van der Waals surface area contributed by atoms with E-state index in [0.717, 1.165) is 0 Å². The molecule has 2 heterocycles. The average Bonchev–Trinajstić information content (AvgIpc) is 1.63. The van der Waals surface area contributed by atoms with Gasteiger partial charge in [0, 0.05) is 25.9 Å². The molecule has 21 N–H and O–H groups in total. The second kappa shape index (κ2) is 41.4. The smallest absolute Gasteiger partial charge is 0.326 e. The molecule has 96 heavy (non-hydrogen) atoms. The van der Waals surface area contributed by atoms with Gasteiger partial charge in [0.25, 0.3) is 0 Å². The second-order valence-electron chi connectivity index (χ2n) is 25.5. The summed E-state index contributed by atoms with van der Waals surface area (Å²) in [4.78, 5) is 215. The van der Waals surface area contributed by atoms with E-state index >= 15 is 0 Å². The third-order valence-corrected chi connectivity index (χ3v) is 16.1. The highest BCUT2D eigenvalue weighted by atomic mass is 16.4. The van der Waals surface area contributed by atoms with Gasteiger partial charge in [-0.2, -0.15) is 0 Å². The number of amides is 13. The molecule has 2 aliphatic heterocycles. The van der Waals surface area contributed by atoms with Crippen molar-refractivity contribution in [1.29, 1.82) is 0 Å². The largest absolute Gasteiger partial charge is 0.481 e. The van der Waals surface area contributed by atoms with Crippen LogP contribution < -0.4 is 76.1 Å². The minimum Gasteiger partial charge on any atom is -0.481 e. The topological polar surface area (TPSA) is 565 Å². The summed E-state index contributed by atoms with van der Waals surface area (Å²) < 4.78 is 0. The number of likely N-dealkylation sites (tertiary alicyclic amines) is 2. The van der Waals surface area contributed by atoms with Crippen molar-refractivity contribution in [3.05, 3.63) is 0 Å². The molecule has 13 atom stereocenters. The van der Waals surface area contributed by atoms with Crippen LogP contribution in [0.25, 0.3) is 0 Å². The van der Waals surface area contributed by atoms with Gasteiger partial charge in [-0.05, 0) is 135 Å². The van der Waals surface area contributed by atoms with Gasteiger partial charge in [0.15, 0.2) is 0 Å². The van der Waals surface area contributed by atoms with E-state index in [0.29, 0.717) is 38.6 Å². The maximum Gasteiger partial charge on any atom is 0.326 e. The zero-order valence-corrected chi connectivity index (χ0v) is 56.5. The van der Waals surface area contributed by atoms with Crippen LogP contribution in [0.4, 0.5) is 0 Å². The zero-order chi connectivity index (χ0) is 72.8. The zero-order valence-electron chi connectivity index (χ0n) is 56.5. The van der Waals surface area contributed by atoms with E-state index in [9.17, 15) is 92.0 Å². The van der Waals surface area contributed by atoms with E-state index in [4.69, 9.17) is 22.9 Å². The third-order valence-electron chi connectivity index (χ3n) is 16.1. The van der Waals surface area contributed by atoms with Gasteiger partial charge in [0.1, 0.15) is 72.5 Å². The quantitative estimate of drug-likeness (QED) is 0.0256. The number of carbonyl (C=O) groups is 16. The summed E-state index contributed by atoms with van der Waals surface area (Å²) in [6.07, 6.45) is -0.275. The normalized spacial score (nSPS) is 17.9. The fourth-order valence-electron chi connectivity index (χ4n) is 10.7. The van der Waals surface area contributed by atoms with E-state index in [-0.39, 0.29) is 64.1 Å². The molecule has 2 saturated heterocycles. The van der Waals surface area contributed by atoms with Crippen molar-refractivity contribution < 1.29 is 92.0 Å². The molecule has 2 rings (SSSR count). The fourth-order valence-corrected chi connectivity index (χ4v) is 10.7. The van der Waals surface area contributed by atoms with Gasteiger partial charge in [-0.3, -0.25) is 71.9 Å². The van der Waals surface area contributed by atoms with Gasteiger partial charge in [-0.25, -0.2) is 4.79 Å². The van der Waals surface area contributed by atoms with Crippen LogP contribution in [-0.2, 0) is 76.7 Å². The minimum atomic E-state index is -1.92. The number of primary amides is 1. The molecule has 0 aromatic heterocycles. The summed E-state index contributed by atoms with van der Waals surface area (Å²) in [6, 6.07) is -17.4. The van der Waals surface area contributed by atoms with E-state index in [1.165, 1.54) is 30.6 Å². The fraction of sp³-hybridized carbons (Fsp3) is 0.738. The van der Waals surface area contributed by atoms with Gasteiger partial charge in [0.2, 0.25) is 76.8 Å². The van der Waals surface area contributed by atoms with Crippen molar-refractivity contribution in [2.45, 2.75) is 244 Å². The lowest BCUT2D eigenvalue weighted by Gasteiger charge is -2.33. The number of carboxylic acid groups (broad SMARTS) is 3. The molecule has 13 amide bonds. The number of rotatable bonds is 43. The first kappa shape index (κ1) is 83.5. The summed E-state index contributed by atoms with van der Waals surface area (Å²) in [5, 5.41) is 53.5. The van der Waals surface area contributed by atoms with Crippen LogP contribution in [0.5, 0.6) is 0 Å². The molecule has 0 unspecified atom stereocenters. The summed E-state index contributed by atoms with van der Waals surface area (Å²) in [7, 11) is 0. The van der Waals surface area contributed by atoms with Gasteiger partial charge in [-0.1, -0.05) is 41.5 Å². The molecule has 35 heteroatoms. The maximum absolute atomic E-state index is 14.6. The van der Waals surface area contributed by atoms with Gasteiger partial charge in [0.05, 0.1) is 12.5 Å². The number of hydrogen-bond donors (Lipinski definition) is 17. The Morgan fingerprint density at radius 3 is 1.30 bits per heavy atom. The highest BCUT2D eigenvalue weighted by molar-refractivity contribution is 6.00. The van der Waals surface area contributed by atoms with Crippen LogP contribution in [0.2, 0.25) is 0 Å². The molecular formula is C61H104N16O19. The highest BCUT2D eigenvalue weighted by Crippen LogP contribution is 2.24. The number of carbonyl (C=O) groups excluding carboxylic acids is 13. The molecule has 0 saturated carbocycles. The Balaban J connectivity index is 2.32. The number of unbranched alkanes of at least 4 members (excludes halogenated alkanes) is 2. The van der Waals surface area contributed by atoms with E-state index < -0.39 is 217 Å². The molecule has 0 bridgehead atoms. The van der Waals surface area contributed by atoms with Crippen LogP contribution in [0, 0.1) is 17.8 Å². The number of hydrogen-bond acceptors (Lipinski definition) is 19. The average molecular weight is 1370 g/mol. The number of nitrogens with two attached hydrogens (primary N) is 4. The Morgan fingerprint density at radius 2 is 0.844 bits per heavy atom. The van der Waals surface area contributed by atoms with Crippen molar-refractivity contribution in [3.8, 4) is 0 Å². The number of nitrogens with zero attached hydrogens (tertiary/aromatic N) is 2.